The molecule has 0 aromatic heterocycles. The number of benzene rings is 2. The number of nitrogens with zero attached hydrogens (tertiary/aromatic N) is 1. The van der Waals surface area contributed by atoms with E-state index in [1.54, 1.807) is 30.5 Å². The second kappa shape index (κ2) is 5.93. The second-order valence-electron chi connectivity index (χ2n) is 3.19. The molecule has 0 spiro atoms. The summed E-state index contributed by atoms with van der Waals surface area (Å²) in [6.07, 6.45) is 1.80. The van der Waals surface area contributed by atoms with Crippen LogP contribution in [-0.2, 0) is 0 Å². The molecule has 0 unspecified atom stereocenters. The SMILES string of the molecule is Cl.Oc1ccc(N=Cc2ccccc2)cc1. The van der Waals surface area contributed by atoms with Gasteiger partial charge in [-0.3, -0.25) is 4.99 Å². The summed E-state index contributed by atoms with van der Waals surface area (Å²) in [5.41, 5.74) is 1.89. The minimum absolute atomic E-state index is 0. The fourth-order valence-corrected chi connectivity index (χ4v) is 1.23. The van der Waals surface area contributed by atoms with Crippen molar-refractivity contribution in [3.8, 4) is 5.75 Å². The molecular formula is C13H12ClNO. The Bertz CT molecular complexity index is 451. The molecule has 0 bridgehead atoms. The van der Waals surface area contributed by atoms with Crippen LogP contribution in [0.1, 0.15) is 5.56 Å². The molecule has 0 saturated carbocycles. The third kappa shape index (κ3) is 3.41. The van der Waals surface area contributed by atoms with Gasteiger partial charge in [-0.05, 0) is 29.8 Å². The fourth-order valence-electron chi connectivity index (χ4n) is 1.23. The van der Waals surface area contributed by atoms with E-state index in [1.807, 2.05) is 30.3 Å². The Morgan fingerprint density at radius 3 is 2.12 bits per heavy atom. The third-order valence-electron chi connectivity index (χ3n) is 2.01. The van der Waals surface area contributed by atoms with Crippen molar-refractivity contribution in [3.05, 3.63) is 60.2 Å². The van der Waals surface area contributed by atoms with Crippen molar-refractivity contribution >= 4 is 24.3 Å². The summed E-state index contributed by atoms with van der Waals surface area (Å²) in [5, 5.41) is 9.09. The van der Waals surface area contributed by atoms with Crippen LogP contribution in [0.25, 0.3) is 0 Å². The lowest BCUT2D eigenvalue weighted by Gasteiger charge is -1.94. The minimum atomic E-state index is 0. The van der Waals surface area contributed by atoms with E-state index in [2.05, 4.69) is 4.99 Å². The number of aliphatic imine (C=N–C) groups is 1. The first-order valence-electron chi connectivity index (χ1n) is 4.73. The Morgan fingerprint density at radius 2 is 1.50 bits per heavy atom. The summed E-state index contributed by atoms with van der Waals surface area (Å²) >= 11 is 0. The Hall–Kier alpha value is -1.80. The number of phenols is 1. The molecule has 2 aromatic rings. The van der Waals surface area contributed by atoms with Crippen LogP contribution in [-0.4, -0.2) is 11.3 Å². The fraction of sp³-hybridized carbons (Fsp3) is 0. The smallest absolute Gasteiger partial charge is 0.115 e. The number of aromatic hydroxyl groups is 1. The summed E-state index contributed by atoms with van der Waals surface area (Å²) in [5.74, 6) is 0.258. The van der Waals surface area contributed by atoms with E-state index in [1.165, 1.54) is 0 Å². The van der Waals surface area contributed by atoms with Crippen molar-refractivity contribution in [2.24, 2.45) is 4.99 Å². The van der Waals surface area contributed by atoms with Crippen LogP contribution >= 0.6 is 12.4 Å². The van der Waals surface area contributed by atoms with E-state index in [0.29, 0.717) is 0 Å². The van der Waals surface area contributed by atoms with Crippen molar-refractivity contribution in [1.29, 1.82) is 0 Å². The van der Waals surface area contributed by atoms with Gasteiger partial charge in [-0.15, -0.1) is 12.4 Å². The first-order chi connectivity index (χ1) is 7.34. The van der Waals surface area contributed by atoms with Gasteiger partial charge in [0.05, 0.1) is 5.69 Å². The molecule has 16 heavy (non-hydrogen) atoms. The molecule has 0 aliphatic carbocycles. The van der Waals surface area contributed by atoms with Gasteiger partial charge in [-0.25, -0.2) is 0 Å². The highest BCUT2D eigenvalue weighted by Crippen LogP contribution is 2.16. The summed E-state index contributed by atoms with van der Waals surface area (Å²) in [6.45, 7) is 0. The topological polar surface area (TPSA) is 32.6 Å². The molecule has 0 atom stereocenters. The summed E-state index contributed by atoms with van der Waals surface area (Å²) in [6, 6.07) is 16.7. The van der Waals surface area contributed by atoms with Gasteiger partial charge in [0.1, 0.15) is 5.75 Å². The van der Waals surface area contributed by atoms with Crippen molar-refractivity contribution in [2.75, 3.05) is 0 Å². The van der Waals surface area contributed by atoms with Crippen molar-refractivity contribution in [2.45, 2.75) is 0 Å². The molecule has 2 aromatic carbocycles. The van der Waals surface area contributed by atoms with Gasteiger partial charge in [-0.1, -0.05) is 30.3 Å². The van der Waals surface area contributed by atoms with Crippen LogP contribution < -0.4 is 0 Å². The summed E-state index contributed by atoms with van der Waals surface area (Å²) in [7, 11) is 0. The number of rotatable bonds is 2. The van der Waals surface area contributed by atoms with E-state index in [-0.39, 0.29) is 18.2 Å². The molecule has 0 heterocycles. The second-order valence-corrected chi connectivity index (χ2v) is 3.19. The van der Waals surface area contributed by atoms with Crippen molar-refractivity contribution in [1.82, 2.24) is 0 Å². The van der Waals surface area contributed by atoms with E-state index in [0.717, 1.165) is 11.3 Å². The highest BCUT2D eigenvalue weighted by atomic mass is 35.5. The van der Waals surface area contributed by atoms with Crippen LogP contribution in [0.2, 0.25) is 0 Å². The van der Waals surface area contributed by atoms with Gasteiger partial charge in [0.15, 0.2) is 0 Å². The van der Waals surface area contributed by atoms with Crippen LogP contribution in [0.15, 0.2) is 59.6 Å². The van der Waals surface area contributed by atoms with Crippen LogP contribution in [0, 0.1) is 0 Å². The number of hydrogen-bond donors (Lipinski definition) is 1. The lowest BCUT2D eigenvalue weighted by atomic mass is 10.2. The number of hydrogen-bond acceptors (Lipinski definition) is 2. The van der Waals surface area contributed by atoms with Crippen molar-refractivity contribution in [3.63, 3.8) is 0 Å². The number of halogens is 1. The van der Waals surface area contributed by atoms with Gasteiger partial charge in [0.2, 0.25) is 0 Å². The van der Waals surface area contributed by atoms with E-state index >= 15 is 0 Å². The van der Waals surface area contributed by atoms with Crippen LogP contribution in [0.4, 0.5) is 5.69 Å². The van der Waals surface area contributed by atoms with E-state index < -0.39 is 0 Å². The Morgan fingerprint density at radius 1 is 0.875 bits per heavy atom. The van der Waals surface area contributed by atoms with Gasteiger partial charge in [0, 0.05) is 6.21 Å². The molecule has 0 aliphatic rings. The Kier molecular flexibility index (Phi) is 4.55. The zero-order valence-corrected chi connectivity index (χ0v) is 9.39. The average molecular weight is 234 g/mol. The summed E-state index contributed by atoms with van der Waals surface area (Å²) in [4.78, 5) is 4.28. The highest BCUT2D eigenvalue weighted by molar-refractivity contribution is 5.85. The highest BCUT2D eigenvalue weighted by Gasteiger charge is 1.89. The first kappa shape index (κ1) is 12.3. The summed E-state index contributed by atoms with van der Waals surface area (Å²) < 4.78 is 0. The molecular weight excluding hydrogens is 222 g/mol. The predicted octanol–water partition coefficient (Wildman–Crippen LogP) is 3.56. The standard InChI is InChI=1S/C13H11NO.ClH/c15-13-8-6-12(7-9-13)14-10-11-4-2-1-3-5-11;/h1-10,15H;1H. The van der Waals surface area contributed by atoms with E-state index in [9.17, 15) is 0 Å². The first-order valence-corrected chi connectivity index (χ1v) is 4.73. The van der Waals surface area contributed by atoms with Crippen molar-refractivity contribution < 1.29 is 5.11 Å². The van der Waals surface area contributed by atoms with Crippen LogP contribution in [0.3, 0.4) is 0 Å². The zero-order valence-electron chi connectivity index (χ0n) is 8.58. The molecule has 3 heteroatoms. The molecule has 0 aliphatic heterocycles. The lowest BCUT2D eigenvalue weighted by Crippen LogP contribution is -1.77. The van der Waals surface area contributed by atoms with Gasteiger partial charge in [0.25, 0.3) is 0 Å². The third-order valence-corrected chi connectivity index (χ3v) is 2.01. The normalized spacial score (nSPS) is 10.0. The number of phenolic OH excluding ortho intramolecular Hbond substituents is 1. The quantitative estimate of drug-likeness (QED) is 0.791. The molecule has 0 saturated heterocycles. The molecule has 2 rings (SSSR count). The molecule has 1 N–H and O–H groups in total. The molecule has 0 fully saturated rings. The van der Waals surface area contributed by atoms with Gasteiger partial charge in [-0.2, -0.15) is 0 Å². The largest absolute Gasteiger partial charge is 0.508 e. The van der Waals surface area contributed by atoms with E-state index in [4.69, 9.17) is 5.11 Å². The predicted molar refractivity (Wildman–Crippen MR) is 69.1 cm³/mol. The maximum absolute atomic E-state index is 9.09. The Labute approximate surface area is 101 Å². The zero-order chi connectivity index (χ0) is 10.5. The van der Waals surface area contributed by atoms with Crippen LogP contribution in [0.5, 0.6) is 5.75 Å². The average Bonchev–Trinajstić information content (AvgIpc) is 2.30. The van der Waals surface area contributed by atoms with Gasteiger partial charge < -0.3 is 5.11 Å². The molecule has 82 valence electrons. The lowest BCUT2D eigenvalue weighted by molar-refractivity contribution is 0.475. The molecule has 0 radical (unpaired) electrons. The monoisotopic (exact) mass is 233 g/mol. The minimum Gasteiger partial charge on any atom is -0.508 e. The maximum Gasteiger partial charge on any atom is 0.115 e. The van der Waals surface area contributed by atoms with Gasteiger partial charge >= 0.3 is 0 Å². The molecule has 0 amide bonds. The maximum atomic E-state index is 9.09. The molecule has 2 nitrogen and oxygen atoms in total. The Balaban J connectivity index is 0.00000128.